The molecule has 0 aliphatic heterocycles. The topological polar surface area (TPSA) is 90.0 Å². The van der Waals surface area contributed by atoms with Crippen LogP contribution < -0.4 is 16.6 Å². The van der Waals surface area contributed by atoms with Crippen LogP contribution in [0.4, 0.5) is 5.69 Å². The van der Waals surface area contributed by atoms with Gasteiger partial charge in [-0.1, -0.05) is 0 Å². The third-order valence-electron chi connectivity index (χ3n) is 2.44. The lowest BCUT2D eigenvalue weighted by Gasteiger charge is -2.05. The van der Waals surface area contributed by atoms with Gasteiger partial charge in [-0.2, -0.15) is 0 Å². The quantitative estimate of drug-likeness (QED) is 0.697. The molecule has 0 atom stereocenters. The summed E-state index contributed by atoms with van der Waals surface area (Å²) in [5.74, 6) is -0.253. The van der Waals surface area contributed by atoms with E-state index >= 15 is 0 Å². The van der Waals surface area contributed by atoms with Crippen molar-refractivity contribution in [3.8, 4) is 0 Å². The molecule has 0 unspecified atom stereocenters. The monoisotopic (exact) mass is 232 g/mol. The van der Waals surface area contributed by atoms with Crippen molar-refractivity contribution in [3.05, 3.63) is 34.9 Å². The first-order valence-corrected chi connectivity index (χ1v) is 5.07. The van der Waals surface area contributed by atoms with E-state index in [0.29, 0.717) is 16.6 Å². The third-order valence-corrected chi connectivity index (χ3v) is 2.44. The van der Waals surface area contributed by atoms with Crippen molar-refractivity contribution in [1.82, 2.24) is 14.9 Å². The van der Waals surface area contributed by atoms with Gasteiger partial charge in [-0.05, 0) is 18.2 Å². The van der Waals surface area contributed by atoms with Gasteiger partial charge in [0.1, 0.15) is 6.54 Å². The summed E-state index contributed by atoms with van der Waals surface area (Å²) in [4.78, 5) is 27.3. The van der Waals surface area contributed by atoms with Crippen molar-refractivity contribution in [2.24, 2.45) is 0 Å². The molecule has 2 aromatic rings. The highest BCUT2D eigenvalue weighted by Gasteiger charge is 2.06. The van der Waals surface area contributed by atoms with E-state index in [1.165, 1.54) is 17.9 Å². The van der Waals surface area contributed by atoms with Crippen molar-refractivity contribution < 1.29 is 4.79 Å². The van der Waals surface area contributed by atoms with Gasteiger partial charge in [-0.3, -0.25) is 14.2 Å². The average molecular weight is 232 g/mol. The van der Waals surface area contributed by atoms with Crippen molar-refractivity contribution in [2.45, 2.75) is 6.54 Å². The zero-order chi connectivity index (χ0) is 12.4. The molecule has 88 valence electrons. The Balaban J connectivity index is 2.57. The molecule has 1 aromatic carbocycles. The van der Waals surface area contributed by atoms with Crippen LogP contribution in [0, 0.1) is 0 Å². The highest BCUT2D eigenvalue weighted by molar-refractivity contribution is 5.81. The van der Waals surface area contributed by atoms with E-state index in [9.17, 15) is 9.59 Å². The van der Waals surface area contributed by atoms with Gasteiger partial charge in [0.15, 0.2) is 0 Å². The molecule has 0 saturated heterocycles. The lowest BCUT2D eigenvalue weighted by atomic mass is 10.2. The molecule has 17 heavy (non-hydrogen) atoms. The maximum absolute atomic E-state index is 12.0. The molecule has 0 aliphatic carbocycles. The summed E-state index contributed by atoms with van der Waals surface area (Å²) in [7, 11) is 1.51. The third kappa shape index (κ3) is 2.10. The summed E-state index contributed by atoms with van der Waals surface area (Å²) >= 11 is 0. The number of benzene rings is 1. The molecule has 0 aliphatic rings. The number of carbonyl (C=O) groups excluding carboxylic acids is 1. The standard InChI is InChI=1S/C11H12N4O2/c1-13-10(16)5-15-6-14-9-3-2-7(12)4-8(9)11(15)17/h2-4,6H,5,12H2,1H3,(H,13,16). The van der Waals surface area contributed by atoms with E-state index in [4.69, 9.17) is 5.73 Å². The Morgan fingerprint density at radius 3 is 3.00 bits per heavy atom. The van der Waals surface area contributed by atoms with E-state index < -0.39 is 0 Å². The van der Waals surface area contributed by atoms with Crippen molar-refractivity contribution in [1.29, 1.82) is 0 Å². The van der Waals surface area contributed by atoms with Gasteiger partial charge in [-0.15, -0.1) is 0 Å². The molecule has 6 heteroatoms. The molecule has 2 rings (SSSR count). The van der Waals surface area contributed by atoms with E-state index in [-0.39, 0.29) is 18.0 Å². The fourth-order valence-corrected chi connectivity index (χ4v) is 1.52. The van der Waals surface area contributed by atoms with Gasteiger partial charge in [-0.25, -0.2) is 4.98 Å². The average Bonchev–Trinajstić information content (AvgIpc) is 2.33. The molecule has 0 spiro atoms. The maximum Gasteiger partial charge on any atom is 0.261 e. The molecule has 0 fully saturated rings. The number of fused-ring (bicyclic) bond motifs is 1. The zero-order valence-electron chi connectivity index (χ0n) is 9.30. The first kappa shape index (κ1) is 11.1. The fourth-order valence-electron chi connectivity index (χ4n) is 1.52. The first-order chi connectivity index (χ1) is 8.11. The fraction of sp³-hybridized carbons (Fsp3) is 0.182. The molecular formula is C11H12N4O2. The summed E-state index contributed by atoms with van der Waals surface area (Å²) in [5.41, 5.74) is 6.40. The number of nitrogens with one attached hydrogen (secondary N) is 1. The minimum absolute atomic E-state index is 0.0485. The van der Waals surface area contributed by atoms with E-state index in [2.05, 4.69) is 10.3 Å². The largest absolute Gasteiger partial charge is 0.399 e. The van der Waals surface area contributed by atoms with Gasteiger partial charge < -0.3 is 11.1 Å². The van der Waals surface area contributed by atoms with Gasteiger partial charge >= 0.3 is 0 Å². The maximum atomic E-state index is 12.0. The van der Waals surface area contributed by atoms with Crippen LogP contribution in [-0.2, 0) is 11.3 Å². The van der Waals surface area contributed by atoms with E-state index in [0.717, 1.165) is 0 Å². The van der Waals surface area contributed by atoms with Gasteiger partial charge in [0.2, 0.25) is 5.91 Å². The van der Waals surface area contributed by atoms with Crippen LogP contribution >= 0.6 is 0 Å². The van der Waals surface area contributed by atoms with Crippen LogP contribution in [0.5, 0.6) is 0 Å². The highest BCUT2D eigenvalue weighted by atomic mass is 16.2. The summed E-state index contributed by atoms with van der Waals surface area (Å²) < 4.78 is 1.25. The van der Waals surface area contributed by atoms with Crippen LogP contribution in [-0.4, -0.2) is 22.5 Å². The first-order valence-electron chi connectivity index (χ1n) is 5.07. The summed E-state index contributed by atoms with van der Waals surface area (Å²) in [6, 6.07) is 4.92. The van der Waals surface area contributed by atoms with Crippen molar-refractivity contribution >= 4 is 22.5 Å². The van der Waals surface area contributed by atoms with Crippen LogP contribution in [0.15, 0.2) is 29.3 Å². The molecule has 0 saturated carbocycles. The Morgan fingerprint density at radius 1 is 1.53 bits per heavy atom. The van der Waals surface area contributed by atoms with Gasteiger partial charge in [0.05, 0.1) is 17.2 Å². The number of nitrogens with two attached hydrogens (primary N) is 1. The Morgan fingerprint density at radius 2 is 2.29 bits per heavy atom. The predicted octanol–water partition coefficient (Wildman–Crippen LogP) is -0.275. The number of hydrogen-bond acceptors (Lipinski definition) is 4. The Bertz CT molecular complexity index is 633. The lowest BCUT2D eigenvalue weighted by molar-refractivity contribution is -0.121. The van der Waals surface area contributed by atoms with Crippen LogP contribution in [0.25, 0.3) is 10.9 Å². The number of aromatic nitrogens is 2. The molecule has 1 aromatic heterocycles. The van der Waals surface area contributed by atoms with Crippen LogP contribution in [0.1, 0.15) is 0 Å². The number of anilines is 1. The smallest absolute Gasteiger partial charge is 0.261 e. The number of carbonyl (C=O) groups is 1. The van der Waals surface area contributed by atoms with Crippen molar-refractivity contribution in [3.63, 3.8) is 0 Å². The Hall–Kier alpha value is -2.37. The number of amides is 1. The Labute approximate surface area is 97.1 Å². The molecule has 0 radical (unpaired) electrons. The highest BCUT2D eigenvalue weighted by Crippen LogP contribution is 2.10. The van der Waals surface area contributed by atoms with E-state index in [1.807, 2.05) is 0 Å². The number of hydrogen-bond donors (Lipinski definition) is 2. The summed E-state index contributed by atoms with van der Waals surface area (Å²) in [6.07, 6.45) is 1.36. The normalized spacial score (nSPS) is 10.4. The van der Waals surface area contributed by atoms with Crippen LogP contribution in [0.2, 0.25) is 0 Å². The number of nitrogens with zero attached hydrogens (tertiary/aromatic N) is 2. The van der Waals surface area contributed by atoms with Gasteiger partial charge in [0, 0.05) is 12.7 Å². The predicted molar refractivity (Wildman–Crippen MR) is 64.5 cm³/mol. The molecular weight excluding hydrogens is 220 g/mol. The van der Waals surface area contributed by atoms with E-state index in [1.54, 1.807) is 18.2 Å². The molecule has 3 N–H and O–H groups in total. The van der Waals surface area contributed by atoms with Gasteiger partial charge in [0.25, 0.3) is 5.56 Å². The SMILES string of the molecule is CNC(=O)Cn1cnc2ccc(N)cc2c1=O. The number of likely N-dealkylation sites (N-methyl/N-ethyl adjacent to an activating group) is 1. The Kier molecular flexibility index (Phi) is 2.78. The molecule has 6 nitrogen and oxygen atoms in total. The lowest BCUT2D eigenvalue weighted by Crippen LogP contribution is -2.30. The van der Waals surface area contributed by atoms with Crippen molar-refractivity contribution in [2.75, 3.05) is 12.8 Å². The summed E-state index contributed by atoms with van der Waals surface area (Å²) in [5, 5.41) is 2.86. The second-order valence-electron chi connectivity index (χ2n) is 3.63. The minimum atomic E-state index is -0.272. The second kappa shape index (κ2) is 4.25. The molecule has 0 bridgehead atoms. The number of rotatable bonds is 2. The minimum Gasteiger partial charge on any atom is -0.399 e. The zero-order valence-corrected chi connectivity index (χ0v) is 9.30. The molecule has 1 amide bonds. The molecule has 1 heterocycles. The van der Waals surface area contributed by atoms with Crippen LogP contribution in [0.3, 0.4) is 0 Å². The second-order valence-corrected chi connectivity index (χ2v) is 3.63. The summed E-state index contributed by atoms with van der Waals surface area (Å²) in [6.45, 7) is -0.0485. The number of nitrogen functional groups attached to an aromatic ring is 1.